The Labute approximate surface area is 173 Å². The molecule has 1 aliphatic heterocycles. The zero-order valence-corrected chi connectivity index (χ0v) is 17.4. The Morgan fingerprint density at radius 3 is 2.14 bits per heavy atom. The third-order valence-corrected chi connectivity index (χ3v) is 8.19. The number of rotatable bonds is 2. The van der Waals surface area contributed by atoms with Crippen LogP contribution < -0.4 is 9.80 Å². The maximum Gasteiger partial charge on any atom is 0.158 e. The van der Waals surface area contributed by atoms with Gasteiger partial charge in [0.05, 0.1) is 5.69 Å². The second-order valence-electron chi connectivity index (χ2n) is 9.57. The molecule has 3 heteroatoms. The van der Waals surface area contributed by atoms with E-state index >= 15 is 0 Å². The van der Waals surface area contributed by atoms with Crippen molar-refractivity contribution in [3.05, 3.63) is 78.0 Å². The van der Waals surface area contributed by atoms with Gasteiger partial charge in [0.2, 0.25) is 0 Å². The summed E-state index contributed by atoms with van der Waals surface area (Å²) in [6.07, 6.45) is 4.74. The number of pyridine rings is 1. The molecule has 2 heterocycles. The van der Waals surface area contributed by atoms with Crippen molar-refractivity contribution in [1.29, 1.82) is 0 Å². The number of nitrogens with zero attached hydrogens (tertiary/aromatic N) is 3. The minimum atomic E-state index is 0.220. The number of hydrogen-bond acceptors (Lipinski definition) is 3. The Bertz CT molecular complexity index is 1090. The molecule has 1 fully saturated rings. The van der Waals surface area contributed by atoms with Crippen LogP contribution in [0.25, 0.3) is 0 Å². The molecular weight excluding hydrogens is 354 g/mol. The van der Waals surface area contributed by atoms with Gasteiger partial charge in [-0.15, -0.1) is 0 Å². The average Bonchev–Trinajstić information content (AvgIpc) is 3.30. The lowest BCUT2D eigenvalue weighted by molar-refractivity contribution is 0.230. The van der Waals surface area contributed by atoms with Gasteiger partial charge in [-0.2, -0.15) is 0 Å². The molecular formula is C26H27N3. The highest BCUT2D eigenvalue weighted by Gasteiger charge is 2.61. The predicted molar refractivity (Wildman–Crippen MR) is 119 cm³/mol. The second-order valence-corrected chi connectivity index (χ2v) is 9.57. The second kappa shape index (κ2) is 5.63. The molecule has 2 atom stereocenters. The minimum absolute atomic E-state index is 0.220. The van der Waals surface area contributed by atoms with Crippen LogP contribution in [0.3, 0.4) is 0 Å². The van der Waals surface area contributed by atoms with Crippen molar-refractivity contribution in [2.75, 3.05) is 16.5 Å². The zero-order valence-electron chi connectivity index (χ0n) is 17.4. The fourth-order valence-corrected chi connectivity index (χ4v) is 6.16. The third kappa shape index (κ3) is 2.06. The van der Waals surface area contributed by atoms with Crippen LogP contribution in [0.5, 0.6) is 0 Å². The molecule has 2 aliphatic carbocycles. The van der Waals surface area contributed by atoms with Gasteiger partial charge in [-0.1, -0.05) is 57.2 Å². The molecule has 3 aromatic rings. The van der Waals surface area contributed by atoms with Crippen LogP contribution in [0.15, 0.2) is 66.9 Å². The molecule has 2 aromatic carbocycles. The van der Waals surface area contributed by atoms with E-state index in [2.05, 4.69) is 97.4 Å². The van der Waals surface area contributed by atoms with Gasteiger partial charge in [-0.3, -0.25) is 0 Å². The van der Waals surface area contributed by atoms with Crippen LogP contribution in [-0.4, -0.2) is 11.7 Å². The van der Waals surface area contributed by atoms with Crippen LogP contribution in [0, 0.1) is 5.41 Å². The van der Waals surface area contributed by atoms with Crippen molar-refractivity contribution in [1.82, 2.24) is 4.98 Å². The lowest BCUT2D eigenvalue weighted by Crippen LogP contribution is -2.31. The summed E-state index contributed by atoms with van der Waals surface area (Å²) in [5, 5.41) is 0. The normalized spacial score (nSPS) is 26.0. The number of para-hydroxylation sites is 2. The number of anilines is 4. The number of aromatic nitrogens is 1. The van der Waals surface area contributed by atoms with Gasteiger partial charge in [-0.25, -0.2) is 4.98 Å². The van der Waals surface area contributed by atoms with Crippen molar-refractivity contribution in [3.8, 4) is 0 Å². The van der Waals surface area contributed by atoms with Gasteiger partial charge in [0.1, 0.15) is 6.67 Å². The molecule has 3 aliphatic rings. The minimum Gasteiger partial charge on any atom is -0.319 e. The molecule has 0 saturated heterocycles. The van der Waals surface area contributed by atoms with E-state index in [1.807, 2.05) is 0 Å². The van der Waals surface area contributed by atoms with E-state index in [1.54, 1.807) is 5.56 Å². The maximum atomic E-state index is 5.08. The topological polar surface area (TPSA) is 19.4 Å². The summed E-state index contributed by atoms with van der Waals surface area (Å²) in [6, 6.07) is 21.5. The first-order valence-corrected chi connectivity index (χ1v) is 10.7. The number of fused-ring (bicyclic) bond motifs is 7. The quantitative estimate of drug-likeness (QED) is 0.505. The first-order valence-electron chi connectivity index (χ1n) is 10.7. The van der Waals surface area contributed by atoms with Crippen LogP contribution in [-0.2, 0) is 5.41 Å². The van der Waals surface area contributed by atoms with Crippen molar-refractivity contribution in [2.24, 2.45) is 5.41 Å². The van der Waals surface area contributed by atoms with E-state index in [4.69, 9.17) is 4.98 Å². The van der Waals surface area contributed by atoms with Crippen molar-refractivity contribution in [3.63, 3.8) is 0 Å². The van der Waals surface area contributed by atoms with Gasteiger partial charge in [0, 0.05) is 23.0 Å². The molecule has 2 unspecified atom stereocenters. The Kier molecular flexibility index (Phi) is 3.31. The van der Waals surface area contributed by atoms with Crippen LogP contribution in [0.2, 0.25) is 0 Å². The summed E-state index contributed by atoms with van der Waals surface area (Å²) in [7, 11) is 0. The molecule has 0 radical (unpaired) electrons. The molecule has 0 spiro atoms. The summed E-state index contributed by atoms with van der Waals surface area (Å²) < 4.78 is 0. The SMILES string of the molecule is CC12CCC(c3c1cnc1c3N(c3ccccc3)CN1c1ccccc1)C2(C)C. The summed E-state index contributed by atoms with van der Waals surface area (Å²) >= 11 is 0. The van der Waals surface area contributed by atoms with E-state index < -0.39 is 0 Å². The zero-order chi connectivity index (χ0) is 19.8. The van der Waals surface area contributed by atoms with E-state index in [0.29, 0.717) is 5.92 Å². The van der Waals surface area contributed by atoms with Crippen molar-refractivity contribution in [2.45, 2.75) is 44.9 Å². The van der Waals surface area contributed by atoms with E-state index in [9.17, 15) is 0 Å². The highest BCUT2D eigenvalue weighted by atomic mass is 15.4. The van der Waals surface area contributed by atoms with Crippen LogP contribution in [0.1, 0.15) is 50.7 Å². The van der Waals surface area contributed by atoms with Crippen LogP contribution in [0.4, 0.5) is 22.9 Å². The largest absolute Gasteiger partial charge is 0.319 e. The highest BCUT2D eigenvalue weighted by molar-refractivity contribution is 5.88. The van der Waals surface area contributed by atoms with Gasteiger partial charge >= 0.3 is 0 Å². The van der Waals surface area contributed by atoms with E-state index in [-0.39, 0.29) is 10.8 Å². The van der Waals surface area contributed by atoms with Gasteiger partial charge in [0.25, 0.3) is 0 Å². The third-order valence-electron chi connectivity index (χ3n) is 8.19. The first-order chi connectivity index (χ1) is 14.0. The molecule has 2 bridgehead atoms. The van der Waals surface area contributed by atoms with Gasteiger partial charge in [-0.05, 0) is 59.6 Å². The molecule has 29 heavy (non-hydrogen) atoms. The van der Waals surface area contributed by atoms with Crippen LogP contribution >= 0.6 is 0 Å². The fourth-order valence-electron chi connectivity index (χ4n) is 6.16. The number of benzene rings is 2. The monoisotopic (exact) mass is 381 g/mol. The summed E-state index contributed by atoms with van der Waals surface area (Å²) in [6.45, 7) is 8.20. The van der Waals surface area contributed by atoms with Gasteiger partial charge < -0.3 is 9.80 Å². The first kappa shape index (κ1) is 17.1. The maximum absolute atomic E-state index is 5.08. The fraction of sp³-hybridized carbons (Fsp3) is 0.346. The Morgan fingerprint density at radius 1 is 0.862 bits per heavy atom. The summed E-state index contributed by atoms with van der Waals surface area (Å²) in [4.78, 5) is 9.92. The number of hydrogen-bond donors (Lipinski definition) is 0. The Morgan fingerprint density at radius 2 is 1.48 bits per heavy atom. The van der Waals surface area contributed by atoms with Crippen molar-refractivity contribution >= 4 is 22.9 Å². The molecule has 3 nitrogen and oxygen atoms in total. The molecule has 1 saturated carbocycles. The molecule has 0 amide bonds. The molecule has 1 aromatic heterocycles. The van der Waals surface area contributed by atoms with E-state index in [1.165, 1.54) is 35.5 Å². The standard InChI is InChI=1S/C26H27N3/c1-25(2)20-14-15-26(25,3)21-16-27-24-23(22(20)21)28(18-10-6-4-7-11-18)17-29(24)19-12-8-5-9-13-19/h4-13,16,20H,14-15,17H2,1-3H3. The molecule has 6 rings (SSSR count). The Balaban J connectivity index is 1.61. The highest BCUT2D eigenvalue weighted by Crippen LogP contribution is 2.70. The smallest absolute Gasteiger partial charge is 0.158 e. The van der Waals surface area contributed by atoms with Gasteiger partial charge in [0.15, 0.2) is 5.82 Å². The lowest BCUT2D eigenvalue weighted by atomic mass is 9.69. The molecule has 146 valence electrons. The molecule has 0 N–H and O–H groups in total. The van der Waals surface area contributed by atoms with Crippen molar-refractivity contribution < 1.29 is 0 Å². The summed E-state index contributed by atoms with van der Waals surface area (Å²) in [5.41, 5.74) is 7.30. The summed E-state index contributed by atoms with van der Waals surface area (Å²) in [5.74, 6) is 1.70. The Hall–Kier alpha value is -2.81. The lowest BCUT2D eigenvalue weighted by Gasteiger charge is -2.35. The van der Waals surface area contributed by atoms with E-state index in [0.717, 1.165) is 12.5 Å². The predicted octanol–water partition coefficient (Wildman–Crippen LogP) is 6.50. The average molecular weight is 382 g/mol.